The third-order valence-corrected chi connectivity index (χ3v) is 3.30. The van der Waals surface area contributed by atoms with Gasteiger partial charge in [0.15, 0.2) is 0 Å². The molecule has 2 N–H and O–H groups in total. The van der Waals surface area contributed by atoms with Crippen molar-refractivity contribution in [3.05, 3.63) is 66.0 Å². The summed E-state index contributed by atoms with van der Waals surface area (Å²) in [4.78, 5) is 15.6. The van der Waals surface area contributed by atoms with Gasteiger partial charge in [-0.3, -0.25) is 4.98 Å². The molecule has 0 atom stereocenters. The van der Waals surface area contributed by atoms with E-state index in [-0.39, 0.29) is 6.03 Å². The SMILES string of the molecule is O=C(NCCCOCCc1ccccc1)NCc1cccnc1. The number of hydrogen-bond acceptors (Lipinski definition) is 3. The molecular weight excluding hydrogens is 290 g/mol. The van der Waals surface area contributed by atoms with Crippen molar-refractivity contribution in [1.29, 1.82) is 0 Å². The number of rotatable bonds is 9. The van der Waals surface area contributed by atoms with Gasteiger partial charge in [-0.25, -0.2) is 4.79 Å². The lowest BCUT2D eigenvalue weighted by atomic mass is 10.2. The highest BCUT2D eigenvalue weighted by atomic mass is 16.5. The summed E-state index contributed by atoms with van der Waals surface area (Å²) < 4.78 is 5.57. The Balaban J connectivity index is 1.45. The maximum Gasteiger partial charge on any atom is 0.315 e. The summed E-state index contributed by atoms with van der Waals surface area (Å²) in [6.45, 7) is 2.43. The van der Waals surface area contributed by atoms with E-state index < -0.39 is 0 Å². The zero-order chi connectivity index (χ0) is 16.2. The van der Waals surface area contributed by atoms with E-state index in [1.54, 1.807) is 12.4 Å². The van der Waals surface area contributed by atoms with E-state index in [4.69, 9.17) is 4.74 Å². The minimum absolute atomic E-state index is 0.168. The number of amides is 2. The van der Waals surface area contributed by atoms with E-state index >= 15 is 0 Å². The van der Waals surface area contributed by atoms with Gasteiger partial charge in [0.25, 0.3) is 0 Å². The normalized spacial score (nSPS) is 10.3. The van der Waals surface area contributed by atoms with Crippen molar-refractivity contribution in [2.75, 3.05) is 19.8 Å². The fraction of sp³-hybridized carbons (Fsp3) is 0.333. The van der Waals surface area contributed by atoms with Crippen LogP contribution in [0.25, 0.3) is 0 Å². The number of hydrogen-bond donors (Lipinski definition) is 2. The first-order valence-electron chi connectivity index (χ1n) is 7.87. The van der Waals surface area contributed by atoms with Gasteiger partial charge in [-0.05, 0) is 30.0 Å². The highest BCUT2D eigenvalue weighted by molar-refractivity contribution is 5.73. The number of benzene rings is 1. The average molecular weight is 313 g/mol. The lowest BCUT2D eigenvalue weighted by Crippen LogP contribution is -2.35. The minimum Gasteiger partial charge on any atom is -0.381 e. The molecular formula is C18H23N3O2. The second-order valence-electron chi connectivity index (χ2n) is 5.17. The monoisotopic (exact) mass is 313 g/mol. The van der Waals surface area contributed by atoms with Gasteiger partial charge in [0, 0.05) is 32.1 Å². The zero-order valence-electron chi connectivity index (χ0n) is 13.2. The molecule has 23 heavy (non-hydrogen) atoms. The summed E-state index contributed by atoms with van der Waals surface area (Å²) in [7, 11) is 0. The molecule has 2 amide bonds. The van der Waals surface area contributed by atoms with Crippen LogP contribution in [-0.4, -0.2) is 30.8 Å². The highest BCUT2D eigenvalue weighted by Gasteiger charge is 1.99. The van der Waals surface area contributed by atoms with Crippen molar-refractivity contribution in [2.24, 2.45) is 0 Å². The number of carbonyl (C=O) groups excluding carboxylic acids is 1. The standard InChI is InChI=1S/C18H23N3O2/c22-18(21-15-17-8-4-10-19-14-17)20-11-5-12-23-13-9-16-6-2-1-3-7-16/h1-4,6-8,10,14H,5,9,11-13,15H2,(H2,20,21,22). The third-order valence-electron chi connectivity index (χ3n) is 3.30. The molecule has 0 spiro atoms. The molecule has 0 aliphatic rings. The van der Waals surface area contributed by atoms with Crippen LogP contribution < -0.4 is 10.6 Å². The number of nitrogens with one attached hydrogen (secondary N) is 2. The topological polar surface area (TPSA) is 63.2 Å². The lowest BCUT2D eigenvalue weighted by Gasteiger charge is -2.08. The maximum atomic E-state index is 11.6. The van der Waals surface area contributed by atoms with Gasteiger partial charge in [0.1, 0.15) is 0 Å². The molecule has 5 heteroatoms. The van der Waals surface area contributed by atoms with Crippen molar-refractivity contribution < 1.29 is 9.53 Å². The number of carbonyl (C=O) groups is 1. The van der Waals surface area contributed by atoms with Gasteiger partial charge in [-0.2, -0.15) is 0 Å². The molecule has 0 radical (unpaired) electrons. The van der Waals surface area contributed by atoms with Crippen LogP contribution in [0, 0.1) is 0 Å². The van der Waals surface area contributed by atoms with Crippen molar-refractivity contribution in [1.82, 2.24) is 15.6 Å². The summed E-state index contributed by atoms with van der Waals surface area (Å²) in [6, 6.07) is 13.9. The molecule has 0 saturated carbocycles. The Morgan fingerprint density at radius 3 is 2.61 bits per heavy atom. The van der Waals surface area contributed by atoms with Crippen LogP contribution in [0.15, 0.2) is 54.9 Å². The van der Waals surface area contributed by atoms with E-state index in [0.717, 1.165) is 18.4 Å². The minimum atomic E-state index is -0.168. The Labute approximate surface area is 137 Å². The predicted octanol–water partition coefficient (Wildman–Crippen LogP) is 2.53. The highest BCUT2D eigenvalue weighted by Crippen LogP contribution is 1.99. The fourth-order valence-electron chi connectivity index (χ4n) is 2.06. The Bertz CT molecular complexity index is 561. The Kier molecular flexibility index (Phi) is 7.63. The predicted molar refractivity (Wildman–Crippen MR) is 90.1 cm³/mol. The summed E-state index contributed by atoms with van der Waals surface area (Å²) in [5.74, 6) is 0. The van der Waals surface area contributed by atoms with Gasteiger partial charge in [0.05, 0.1) is 6.61 Å². The fourth-order valence-corrected chi connectivity index (χ4v) is 2.06. The number of urea groups is 1. The number of ether oxygens (including phenoxy) is 1. The molecule has 0 unspecified atom stereocenters. The Morgan fingerprint density at radius 1 is 1.00 bits per heavy atom. The number of nitrogens with zero attached hydrogens (tertiary/aromatic N) is 1. The van der Waals surface area contributed by atoms with Crippen LogP contribution >= 0.6 is 0 Å². The summed E-state index contributed by atoms with van der Waals surface area (Å²) in [5.41, 5.74) is 2.26. The van der Waals surface area contributed by atoms with E-state index in [1.165, 1.54) is 5.56 Å². The molecule has 0 aliphatic heterocycles. The summed E-state index contributed by atoms with van der Waals surface area (Å²) >= 11 is 0. The smallest absolute Gasteiger partial charge is 0.315 e. The summed E-state index contributed by atoms with van der Waals surface area (Å²) in [6.07, 6.45) is 5.16. The largest absolute Gasteiger partial charge is 0.381 e. The molecule has 1 heterocycles. The van der Waals surface area contributed by atoms with E-state index in [1.807, 2.05) is 30.3 Å². The molecule has 0 aliphatic carbocycles. The van der Waals surface area contributed by atoms with Gasteiger partial charge in [0.2, 0.25) is 0 Å². The first-order chi connectivity index (χ1) is 11.3. The zero-order valence-corrected chi connectivity index (χ0v) is 13.2. The van der Waals surface area contributed by atoms with Crippen LogP contribution in [0.2, 0.25) is 0 Å². The average Bonchev–Trinajstić information content (AvgIpc) is 2.61. The van der Waals surface area contributed by atoms with Gasteiger partial charge in [-0.1, -0.05) is 36.4 Å². The van der Waals surface area contributed by atoms with Crippen LogP contribution in [0.5, 0.6) is 0 Å². The van der Waals surface area contributed by atoms with Crippen LogP contribution in [0.4, 0.5) is 4.79 Å². The van der Waals surface area contributed by atoms with Gasteiger partial charge in [-0.15, -0.1) is 0 Å². The lowest BCUT2D eigenvalue weighted by molar-refractivity contribution is 0.135. The first-order valence-corrected chi connectivity index (χ1v) is 7.87. The molecule has 2 aromatic rings. The van der Waals surface area contributed by atoms with Crippen molar-refractivity contribution in [3.63, 3.8) is 0 Å². The maximum absolute atomic E-state index is 11.6. The van der Waals surface area contributed by atoms with Crippen molar-refractivity contribution in [2.45, 2.75) is 19.4 Å². The molecule has 0 fully saturated rings. The van der Waals surface area contributed by atoms with E-state index in [9.17, 15) is 4.79 Å². The quantitative estimate of drug-likeness (QED) is 0.699. The molecule has 5 nitrogen and oxygen atoms in total. The molecule has 0 saturated heterocycles. The molecule has 0 bridgehead atoms. The van der Waals surface area contributed by atoms with Gasteiger partial charge >= 0.3 is 6.03 Å². The van der Waals surface area contributed by atoms with E-state index in [2.05, 4.69) is 27.8 Å². The second-order valence-corrected chi connectivity index (χ2v) is 5.17. The van der Waals surface area contributed by atoms with E-state index in [0.29, 0.717) is 26.3 Å². The molecule has 1 aromatic heterocycles. The first kappa shape index (κ1) is 17.0. The van der Waals surface area contributed by atoms with Crippen molar-refractivity contribution in [3.8, 4) is 0 Å². The van der Waals surface area contributed by atoms with Crippen LogP contribution in [0.3, 0.4) is 0 Å². The van der Waals surface area contributed by atoms with Crippen LogP contribution in [-0.2, 0) is 17.7 Å². The number of aromatic nitrogens is 1. The van der Waals surface area contributed by atoms with Crippen molar-refractivity contribution >= 4 is 6.03 Å². The number of pyridine rings is 1. The second kappa shape index (κ2) is 10.3. The molecule has 2 rings (SSSR count). The van der Waals surface area contributed by atoms with Gasteiger partial charge < -0.3 is 15.4 Å². The Hall–Kier alpha value is -2.40. The summed E-state index contributed by atoms with van der Waals surface area (Å²) in [5, 5.41) is 5.60. The molecule has 122 valence electrons. The third kappa shape index (κ3) is 7.42. The molecule has 1 aromatic carbocycles. The Morgan fingerprint density at radius 2 is 1.83 bits per heavy atom. The van der Waals surface area contributed by atoms with Crippen LogP contribution in [0.1, 0.15) is 17.5 Å².